The third-order valence-electron chi connectivity index (χ3n) is 3.86. The molecule has 1 rings (SSSR count). The molecule has 0 saturated carbocycles. The van der Waals surface area contributed by atoms with Crippen LogP contribution in [0.25, 0.3) is 0 Å². The molecule has 0 aromatic heterocycles. The number of sulfonamides is 1. The topological polar surface area (TPSA) is 101 Å². The second kappa shape index (κ2) is 6.53. The fourth-order valence-electron chi connectivity index (χ4n) is 2.38. The number of carbonyl (C=O) groups excluding carboxylic acids is 1. The van der Waals surface area contributed by atoms with Gasteiger partial charge in [0.2, 0.25) is 10.0 Å². The fraction of sp³-hybridized carbons (Fsp3) is 0.833. The van der Waals surface area contributed by atoms with E-state index in [1.54, 1.807) is 6.92 Å². The van der Waals surface area contributed by atoms with Gasteiger partial charge in [-0.15, -0.1) is 0 Å². The molecule has 0 bridgehead atoms. The van der Waals surface area contributed by atoms with Crippen molar-refractivity contribution in [3.8, 4) is 0 Å². The van der Waals surface area contributed by atoms with Crippen molar-refractivity contribution in [2.24, 2.45) is 5.41 Å². The molecule has 0 aliphatic carbocycles. The third-order valence-corrected chi connectivity index (χ3v) is 5.68. The maximum absolute atomic E-state index is 12.2. The van der Waals surface area contributed by atoms with E-state index in [-0.39, 0.29) is 18.7 Å². The molecule has 8 heteroatoms. The monoisotopic (exact) mass is 307 g/mol. The van der Waals surface area contributed by atoms with Crippen LogP contribution in [0.15, 0.2) is 0 Å². The standard InChI is InChI=1S/C12H21NO6S/c1-3-12(11(15)16)6-4-7-13(9-12)20(17,18)8-5-10(14)19-2/h3-9H2,1-2H3,(H,15,16). The van der Waals surface area contributed by atoms with Gasteiger partial charge in [-0.05, 0) is 19.3 Å². The molecule has 1 fully saturated rings. The SMILES string of the molecule is CCC1(C(=O)O)CCCN(S(=O)(=O)CCC(=O)OC)C1. The summed E-state index contributed by atoms with van der Waals surface area (Å²) in [6.45, 7) is 2.03. The van der Waals surface area contributed by atoms with Gasteiger partial charge in [-0.25, -0.2) is 12.7 Å². The van der Waals surface area contributed by atoms with Gasteiger partial charge in [0.25, 0.3) is 0 Å². The molecule has 0 aromatic carbocycles. The molecule has 1 aliphatic rings. The number of hydrogen-bond acceptors (Lipinski definition) is 5. The molecule has 1 aliphatic heterocycles. The van der Waals surface area contributed by atoms with Crippen molar-refractivity contribution in [3.63, 3.8) is 0 Å². The number of hydrogen-bond donors (Lipinski definition) is 1. The van der Waals surface area contributed by atoms with Crippen LogP contribution in [0, 0.1) is 5.41 Å². The molecule has 1 saturated heterocycles. The van der Waals surface area contributed by atoms with Crippen LogP contribution in [0.4, 0.5) is 0 Å². The molecule has 0 amide bonds. The van der Waals surface area contributed by atoms with Gasteiger partial charge in [-0.1, -0.05) is 6.92 Å². The maximum atomic E-state index is 12.2. The van der Waals surface area contributed by atoms with E-state index in [9.17, 15) is 23.1 Å². The van der Waals surface area contributed by atoms with E-state index >= 15 is 0 Å². The summed E-state index contributed by atoms with van der Waals surface area (Å²) in [7, 11) is -2.44. The first kappa shape index (κ1) is 16.9. The Morgan fingerprint density at radius 3 is 2.55 bits per heavy atom. The third kappa shape index (κ3) is 3.69. The summed E-state index contributed by atoms with van der Waals surface area (Å²) in [6.07, 6.45) is 1.15. The summed E-state index contributed by atoms with van der Waals surface area (Å²) in [5.41, 5.74) is -1.02. The summed E-state index contributed by atoms with van der Waals surface area (Å²) in [6, 6.07) is 0. The summed E-state index contributed by atoms with van der Waals surface area (Å²) in [4.78, 5) is 22.4. The molecular weight excluding hydrogens is 286 g/mol. The lowest BCUT2D eigenvalue weighted by atomic mass is 9.78. The van der Waals surface area contributed by atoms with E-state index in [2.05, 4.69) is 4.74 Å². The summed E-state index contributed by atoms with van der Waals surface area (Å²) in [5, 5.41) is 9.33. The van der Waals surface area contributed by atoms with Crippen LogP contribution in [-0.4, -0.2) is 55.7 Å². The van der Waals surface area contributed by atoms with Crippen molar-refractivity contribution < 1.29 is 27.9 Å². The van der Waals surface area contributed by atoms with Gasteiger partial charge in [0.05, 0.1) is 24.7 Å². The first-order valence-corrected chi connectivity index (χ1v) is 8.16. The smallest absolute Gasteiger partial charge is 0.310 e. The van der Waals surface area contributed by atoms with Gasteiger partial charge < -0.3 is 9.84 Å². The summed E-state index contributed by atoms with van der Waals surface area (Å²) >= 11 is 0. The number of esters is 1. The number of carboxylic acids is 1. The van der Waals surface area contributed by atoms with Gasteiger partial charge >= 0.3 is 11.9 Å². The van der Waals surface area contributed by atoms with E-state index in [0.29, 0.717) is 25.8 Å². The van der Waals surface area contributed by atoms with Crippen LogP contribution in [0.2, 0.25) is 0 Å². The average molecular weight is 307 g/mol. The zero-order valence-electron chi connectivity index (χ0n) is 11.8. The Morgan fingerprint density at radius 2 is 2.05 bits per heavy atom. The van der Waals surface area contributed by atoms with Crippen LogP contribution < -0.4 is 0 Å². The molecule has 116 valence electrons. The van der Waals surface area contributed by atoms with Gasteiger partial charge in [0.15, 0.2) is 0 Å². The Morgan fingerprint density at radius 1 is 1.40 bits per heavy atom. The number of aliphatic carboxylic acids is 1. The van der Waals surface area contributed by atoms with Gasteiger partial charge in [0.1, 0.15) is 0 Å². The van der Waals surface area contributed by atoms with Crippen molar-refractivity contribution in [1.82, 2.24) is 4.31 Å². The number of carboxylic acid groups (broad SMARTS) is 1. The molecule has 1 unspecified atom stereocenters. The molecule has 1 N–H and O–H groups in total. The van der Waals surface area contributed by atoms with Crippen molar-refractivity contribution in [1.29, 1.82) is 0 Å². The number of ether oxygens (including phenoxy) is 1. The molecule has 0 aromatic rings. The van der Waals surface area contributed by atoms with Gasteiger partial charge in [-0.3, -0.25) is 9.59 Å². The lowest BCUT2D eigenvalue weighted by molar-refractivity contribution is -0.151. The highest BCUT2D eigenvalue weighted by Gasteiger charge is 2.43. The lowest BCUT2D eigenvalue weighted by Gasteiger charge is -2.38. The van der Waals surface area contributed by atoms with E-state index in [4.69, 9.17) is 0 Å². The van der Waals surface area contributed by atoms with E-state index in [1.165, 1.54) is 11.4 Å². The van der Waals surface area contributed by atoms with Crippen molar-refractivity contribution in [3.05, 3.63) is 0 Å². The Kier molecular flexibility index (Phi) is 5.52. The maximum Gasteiger partial charge on any atom is 0.310 e. The van der Waals surface area contributed by atoms with Crippen LogP contribution in [-0.2, 0) is 24.3 Å². The highest BCUT2D eigenvalue weighted by Crippen LogP contribution is 2.34. The summed E-state index contributed by atoms with van der Waals surface area (Å²) < 4.78 is 29.9. The lowest BCUT2D eigenvalue weighted by Crippen LogP contribution is -2.50. The first-order chi connectivity index (χ1) is 9.27. The minimum Gasteiger partial charge on any atom is -0.481 e. The first-order valence-electron chi connectivity index (χ1n) is 6.55. The quantitative estimate of drug-likeness (QED) is 0.715. The van der Waals surface area contributed by atoms with Crippen molar-refractivity contribution in [2.45, 2.75) is 32.6 Å². The average Bonchev–Trinajstić information content (AvgIpc) is 2.44. The second-order valence-electron chi connectivity index (χ2n) is 5.02. The number of methoxy groups -OCH3 is 1. The van der Waals surface area contributed by atoms with Crippen LogP contribution in [0.3, 0.4) is 0 Å². The van der Waals surface area contributed by atoms with E-state index < -0.39 is 27.4 Å². The highest BCUT2D eigenvalue weighted by atomic mass is 32.2. The molecule has 0 radical (unpaired) electrons. The highest BCUT2D eigenvalue weighted by molar-refractivity contribution is 7.89. The predicted octanol–water partition coefficient (Wildman–Crippen LogP) is 0.456. The normalized spacial score (nSPS) is 24.3. The molecule has 20 heavy (non-hydrogen) atoms. The fourth-order valence-corrected chi connectivity index (χ4v) is 3.92. The second-order valence-corrected chi connectivity index (χ2v) is 7.11. The molecule has 0 spiro atoms. The summed E-state index contributed by atoms with van der Waals surface area (Å²) in [5.74, 6) is -1.91. The van der Waals surface area contributed by atoms with Gasteiger partial charge in [-0.2, -0.15) is 0 Å². The molecule has 7 nitrogen and oxygen atoms in total. The Balaban J connectivity index is 2.80. The number of piperidine rings is 1. The van der Waals surface area contributed by atoms with Crippen molar-refractivity contribution in [2.75, 3.05) is 26.0 Å². The number of nitrogens with zero attached hydrogens (tertiary/aromatic N) is 1. The molecule has 1 heterocycles. The Hall–Kier alpha value is -1.15. The zero-order valence-corrected chi connectivity index (χ0v) is 12.6. The minimum atomic E-state index is -3.63. The zero-order chi connectivity index (χ0) is 15.4. The largest absolute Gasteiger partial charge is 0.481 e. The Bertz CT molecular complexity index is 474. The molecular formula is C12H21NO6S. The number of carbonyl (C=O) groups is 2. The molecule has 1 atom stereocenters. The number of rotatable bonds is 6. The predicted molar refractivity (Wildman–Crippen MR) is 71.6 cm³/mol. The van der Waals surface area contributed by atoms with Crippen LogP contribution in [0.5, 0.6) is 0 Å². The Labute approximate surface area is 118 Å². The minimum absolute atomic E-state index is 0.0255. The van der Waals surface area contributed by atoms with E-state index in [1.807, 2.05) is 0 Å². The van der Waals surface area contributed by atoms with Crippen LogP contribution >= 0.6 is 0 Å². The van der Waals surface area contributed by atoms with Crippen molar-refractivity contribution >= 4 is 22.0 Å². The van der Waals surface area contributed by atoms with Crippen LogP contribution in [0.1, 0.15) is 32.6 Å². The van der Waals surface area contributed by atoms with Gasteiger partial charge in [0, 0.05) is 13.1 Å². The van der Waals surface area contributed by atoms with E-state index in [0.717, 1.165) is 0 Å².